The number of ether oxygens (including phenoxy) is 2. The number of rotatable bonds is 7. The van der Waals surface area contributed by atoms with Gasteiger partial charge in [0.2, 0.25) is 11.8 Å². The monoisotopic (exact) mass is 389 g/mol. The van der Waals surface area contributed by atoms with Crippen LogP contribution in [0.2, 0.25) is 0 Å². The number of carbonyl (C=O) groups excluding carboxylic acids is 2. The van der Waals surface area contributed by atoms with Crippen LogP contribution in [0.25, 0.3) is 0 Å². The third kappa shape index (κ3) is 4.57. The number of aryl methyl sites for hydroxylation is 1. The van der Waals surface area contributed by atoms with Crippen molar-refractivity contribution in [3.05, 3.63) is 35.5 Å². The molecule has 1 fully saturated rings. The summed E-state index contributed by atoms with van der Waals surface area (Å²) >= 11 is 1.23. The highest BCUT2D eigenvalue weighted by Gasteiger charge is 2.32. The number of hydrogen-bond acceptors (Lipinski definition) is 6. The summed E-state index contributed by atoms with van der Waals surface area (Å²) in [5, 5.41) is 3.48. The van der Waals surface area contributed by atoms with Gasteiger partial charge in [0.15, 0.2) is 11.5 Å². The number of hydrogen-bond donors (Lipinski definition) is 1. The van der Waals surface area contributed by atoms with Gasteiger partial charge in [-0.2, -0.15) is 4.37 Å². The third-order valence-corrected chi connectivity index (χ3v) is 5.19. The summed E-state index contributed by atoms with van der Waals surface area (Å²) < 4.78 is 15.1. The maximum Gasteiger partial charge on any atom is 0.244 e. The van der Waals surface area contributed by atoms with Crippen LogP contribution in [0.5, 0.6) is 11.5 Å². The van der Waals surface area contributed by atoms with Crippen LogP contribution in [0.15, 0.2) is 24.3 Å². The Bertz CT molecular complexity index is 836. The number of benzene rings is 1. The van der Waals surface area contributed by atoms with Crippen molar-refractivity contribution < 1.29 is 19.1 Å². The summed E-state index contributed by atoms with van der Waals surface area (Å²) in [5.41, 5.74) is 1.87. The molecule has 1 saturated heterocycles. The van der Waals surface area contributed by atoms with Crippen LogP contribution in [0.4, 0.5) is 5.00 Å². The second kappa shape index (κ2) is 8.39. The smallest absolute Gasteiger partial charge is 0.244 e. The van der Waals surface area contributed by atoms with Gasteiger partial charge < -0.3 is 19.7 Å². The lowest BCUT2D eigenvalue weighted by atomic mass is 9.98. The minimum Gasteiger partial charge on any atom is -0.493 e. The second-order valence-corrected chi connectivity index (χ2v) is 7.20. The molecule has 0 radical (unpaired) electrons. The van der Waals surface area contributed by atoms with E-state index in [-0.39, 0.29) is 24.3 Å². The minimum atomic E-state index is -0.211. The maximum atomic E-state index is 12.4. The molecule has 2 amide bonds. The fourth-order valence-corrected chi connectivity index (χ4v) is 3.81. The zero-order chi connectivity index (χ0) is 19.4. The number of carbonyl (C=O) groups is 2. The lowest BCUT2D eigenvalue weighted by Gasteiger charge is -2.17. The van der Waals surface area contributed by atoms with Crippen molar-refractivity contribution in [2.75, 3.05) is 32.1 Å². The standard InChI is InChI=1S/C19H23N3O4S/c1-4-26-16-8-13(5-6-15(16)25-3)14-9-19(24)22(10-14)11-17(23)20-18-7-12(2)21-27-18/h5-8,14H,4,9-11H2,1-3H3,(H,20,23). The van der Waals surface area contributed by atoms with Crippen molar-refractivity contribution in [2.24, 2.45) is 0 Å². The Morgan fingerprint density at radius 2 is 2.19 bits per heavy atom. The molecule has 2 heterocycles. The van der Waals surface area contributed by atoms with Gasteiger partial charge in [-0.25, -0.2) is 0 Å². The molecule has 3 rings (SSSR count). The van der Waals surface area contributed by atoms with E-state index in [1.54, 1.807) is 12.0 Å². The molecule has 1 N–H and O–H groups in total. The Morgan fingerprint density at radius 1 is 1.37 bits per heavy atom. The summed E-state index contributed by atoms with van der Waals surface area (Å²) in [7, 11) is 1.60. The van der Waals surface area contributed by atoms with E-state index in [4.69, 9.17) is 9.47 Å². The number of amides is 2. The Labute approximate surface area is 162 Å². The molecular weight excluding hydrogens is 366 g/mol. The summed E-state index contributed by atoms with van der Waals surface area (Å²) in [6, 6.07) is 7.53. The first-order valence-electron chi connectivity index (χ1n) is 8.81. The third-order valence-electron chi connectivity index (χ3n) is 4.40. The molecule has 0 saturated carbocycles. The lowest BCUT2D eigenvalue weighted by molar-refractivity contribution is -0.131. The van der Waals surface area contributed by atoms with Crippen LogP contribution in [0.1, 0.15) is 30.5 Å². The maximum absolute atomic E-state index is 12.4. The fraction of sp³-hybridized carbons (Fsp3) is 0.421. The van der Waals surface area contributed by atoms with Crippen LogP contribution in [0.3, 0.4) is 0 Å². The predicted octanol–water partition coefficient (Wildman–Crippen LogP) is 2.81. The van der Waals surface area contributed by atoms with Crippen molar-refractivity contribution >= 4 is 28.3 Å². The molecular formula is C19H23N3O4S. The highest BCUT2D eigenvalue weighted by Crippen LogP contribution is 2.35. The van der Waals surface area contributed by atoms with Crippen molar-refractivity contribution in [3.63, 3.8) is 0 Å². The summed E-state index contributed by atoms with van der Waals surface area (Å²) in [5.74, 6) is 1.13. The number of aromatic nitrogens is 1. The molecule has 0 bridgehead atoms. The van der Waals surface area contributed by atoms with Crippen LogP contribution < -0.4 is 14.8 Å². The van der Waals surface area contributed by atoms with E-state index < -0.39 is 0 Å². The van der Waals surface area contributed by atoms with Crippen LogP contribution in [-0.2, 0) is 9.59 Å². The van der Waals surface area contributed by atoms with Gasteiger partial charge in [-0.15, -0.1) is 0 Å². The van der Waals surface area contributed by atoms with E-state index in [9.17, 15) is 9.59 Å². The number of nitrogens with zero attached hydrogens (tertiary/aromatic N) is 2. The molecule has 2 aromatic rings. The molecule has 1 atom stereocenters. The summed E-state index contributed by atoms with van der Waals surface area (Å²) in [6.07, 6.45) is 0.380. The van der Waals surface area contributed by atoms with Gasteiger partial charge in [-0.05, 0) is 49.1 Å². The van der Waals surface area contributed by atoms with E-state index >= 15 is 0 Å². The van der Waals surface area contributed by atoms with Gasteiger partial charge in [0.05, 0.1) is 26.0 Å². The van der Waals surface area contributed by atoms with E-state index in [0.29, 0.717) is 36.1 Å². The number of nitrogens with one attached hydrogen (secondary N) is 1. The highest BCUT2D eigenvalue weighted by atomic mass is 32.1. The van der Waals surface area contributed by atoms with Crippen molar-refractivity contribution in [2.45, 2.75) is 26.2 Å². The first-order valence-corrected chi connectivity index (χ1v) is 9.59. The first-order chi connectivity index (χ1) is 13.0. The molecule has 144 valence electrons. The average molecular weight is 389 g/mol. The topological polar surface area (TPSA) is 80.8 Å². The molecule has 1 aromatic heterocycles. The van der Waals surface area contributed by atoms with Crippen molar-refractivity contribution in [1.29, 1.82) is 0 Å². The largest absolute Gasteiger partial charge is 0.493 e. The quantitative estimate of drug-likeness (QED) is 0.788. The van der Waals surface area contributed by atoms with Gasteiger partial charge >= 0.3 is 0 Å². The van der Waals surface area contributed by atoms with E-state index in [1.807, 2.05) is 38.1 Å². The SMILES string of the molecule is CCOc1cc(C2CC(=O)N(CC(=O)Nc3cc(C)ns3)C2)ccc1OC. The highest BCUT2D eigenvalue weighted by molar-refractivity contribution is 7.10. The minimum absolute atomic E-state index is 0.0237. The zero-order valence-corrected chi connectivity index (χ0v) is 16.5. The normalized spacial score (nSPS) is 16.5. The predicted molar refractivity (Wildman–Crippen MR) is 104 cm³/mol. The Morgan fingerprint density at radius 3 is 2.85 bits per heavy atom. The number of anilines is 1. The van der Waals surface area contributed by atoms with Gasteiger partial charge in [0, 0.05) is 18.9 Å². The van der Waals surface area contributed by atoms with Gasteiger partial charge in [0.1, 0.15) is 5.00 Å². The Kier molecular flexibility index (Phi) is 5.95. The van der Waals surface area contributed by atoms with E-state index in [1.165, 1.54) is 11.5 Å². The number of likely N-dealkylation sites (tertiary alicyclic amines) is 1. The van der Waals surface area contributed by atoms with E-state index in [0.717, 1.165) is 11.3 Å². The van der Waals surface area contributed by atoms with Gasteiger partial charge in [-0.3, -0.25) is 9.59 Å². The Balaban J connectivity index is 1.64. The fourth-order valence-electron chi connectivity index (χ4n) is 3.14. The summed E-state index contributed by atoms with van der Waals surface area (Å²) in [4.78, 5) is 26.2. The first kappa shape index (κ1) is 19.2. The molecule has 0 spiro atoms. The average Bonchev–Trinajstić information content (AvgIpc) is 3.21. The number of methoxy groups -OCH3 is 1. The second-order valence-electron chi connectivity index (χ2n) is 6.40. The zero-order valence-electron chi connectivity index (χ0n) is 15.7. The molecule has 27 heavy (non-hydrogen) atoms. The Hall–Kier alpha value is -2.61. The van der Waals surface area contributed by atoms with Gasteiger partial charge in [-0.1, -0.05) is 6.07 Å². The van der Waals surface area contributed by atoms with E-state index in [2.05, 4.69) is 9.69 Å². The molecule has 1 unspecified atom stereocenters. The van der Waals surface area contributed by atoms with Crippen molar-refractivity contribution in [3.8, 4) is 11.5 Å². The lowest BCUT2D eigenvalue weighted by Crippen LogP contribution is -2.34. The van der Waals surface area contributed by atoms with Crippen LogP contribution >= 0.6 is 11.5 Å². The molecule has 1 aliphatic heterocycles. The molecule has 0 aliphatic carbocycles. The van der Waals surface area contributed by atoms with Crippen LogP contribution in [0, 0.1) is 6.92 Å². The summed E-state index contributed by atoms with van der Waals surface area (Å²) in [6.45, 7) is 4.86. The van der Waals surface area contributed by atoms with Crippen molar-refractivity contribution in [1.82, 2.24) is 9.27 Å². The molecule has 1 aromatic carbocycles. The van der Waals surface area contributed by atoms with Gasteiger partial charge in [0.25, 0.3) is 0 Å². The molecule has 8 heteroatoms. The molecule has 7 nitrogen and oxygen atoms in total. The molecule has 1 aliphatic rings. The van der Waals surface area contributed by atoms with Crippen LogP contribution in [-0.4, -0.2) is 47.9 Å².